The van der Waals surface area contributed by atoms with Crippen LogP contribution in [0.4, 0.5) is 0 Å². The second-order valence-corrected chi connectivity index (χ2v) is 12.9. The van der Waals surface area contributed by atoms with Crippen molar-refractivity contribution in [3.63, 3.8) is 0 Å². The molecule has 6 rings (SSSR count). The molecule has 3 fully saturated rings. The van der Waals surface area contributed by atoms with Crippen LogP contribution in [-0.2, 0) is 33.5 Å². The van der Waals surface area contributed by atoms with Gasteiger partial charge >= 0.3 is 0 Å². The Morgan fingerprint density at radius 2 is 0.867 bits per heavy atom. The van der Waals surface area contributed by atoms with Crippen LogP contribution >= 0.6 is 0 Å². The number of morpholine rings is 3. The summed E-state index contributed by atoms with van der Waals surface area (Å²) >= 11 is 0. The molecule has 0 aliphatic carbocycles. The monoisotopic (exact) mass is 611 g/mol. The van der Waals surface area contributed by atoms with Crippen LogP contribution in [0.3, 0.4) is 0 Å². The van der Waals surface area contributed by atoms with E-state index in [9.17, 15) is 0 Å². The number of benzene rings is 3. The lowest BCUT2D eigenvalue weighted by Gasteiger charge is -2.27. The SMILES string of the molecule is c1cc(-c2ccccc2CCCN2CCOCC2)cc(-c2c(CCCN3CCOCC3)cccc2CCCN2CCOCC2)c1. The minimum absolute atomic E-state index is 0.866. The maximum Gasteiger partial charge on any atom is 0.0594 e. The second kappa shape index (κ2) is 17.4. The molecule has 3 aliphatic rings. The van der Waals surface area contributed by atoms with Gasteiger partial charge < -0.3 is 14.2 Å². The third-order valence-electron chi connectivity index (χ3n) is 9.79. The van der Waals surface area contributed by atoms with Crippen LogP contribution in [0, 0.1) is 0 Å². The highest BCUT2D eigenvalue weighted by molar-refractivity contribution is 5.78. The lowest BCUT2D eigenvalue weighted by molar-refractivity contribution is 0.0374. The Hall–Kier alpha value is -2.58. The summed E-state index contributed by atoms with van der Waals surface area (Å²) in [5.74, 6) is 0. The Balaban J connectivity index is 1.21. The van der Waals surface area contributed by atoms with Crippen molar-refractivity contribution in [2.75, 3.05) is 98.5 Å². The molecule has 0 bridgehead atoms. The number of hydrogen-bond donors (Lipinski definition) is 0. The van der Waals surface area contributed by atoms with Crippen LogP contribution in [0.5, 0.6) is 0 Å². The highest BCUT2D eigenvalue weighted by Gasteiger charge is 2.16. The second-order valence-electron chi connectivity index (χ2n) is 12.9. The van der Waals surface area contributed by atoms with Gasteiger partial charge in [0.15, 0.2) is 0 Å². The molecule has 3 heterocycles. The van der Waals surface area contributed by atoms with E-state index in [-0.39, 0.29) is 0 Å². The number of rotatable bonds is 14. The predicted molar refractivity (Wildman–Crippen MR) is 184 cm³/mol. The molecule has 45 heavy (non-hydrogen) atoms. The third-order valence-corrected chi connectivity index (χ3v) is 9.79. The molecule has 6 heteroatoms. The van der Waals surface area contributed by atoms with E-state index in [0.29, 0.717) is 0 Å². The van der Waals surface area contributed by atoms with Crippen LogP contribution in [0.1, 0.15) is 36.0 Å². The first-order chi connectivity index (χ1) is 22.3. The van der Waals surface area contributed by atoms with Gasteiger partial charge in [0, 0.05) is 39.3 Å². The summed E-state index contributed by atoms with van der Waals surface area (Å²) in [6.45, 7) is 15.0. The zero-order valence-electron chi connectivity index (χ0n) is 27.3. The summed E-state index contributed by atoms with van der Waals surface area (Å²) in [7, 11) is 0. The topological polar surface area (TPSA) is 37.4 Å². The van der Waals surface area contributed by atoms with E-state index < -0.39 is 0 Å². The molecule has 3 aromatic rings. The maximum atomic E-state index is 5.58. The zero-order chi connectivity index (χ0) is 30.5. The molecule has 3 saturated heterocycles. The smallest absolute Gasteiger partial charge is 0.0594 e. The zero-order valence-corrected chi connectivity index (χ0v) is 27.3. The van der Waals surface area contributed by atoms with Crippen molar-refractivity contribution in [2.24, 2.45) is 0 Å². The molecule has 0 spiro atoms. The largest absolute Gasteiger partial charge is 0.379 e. The standard InChI is InChI=1S/C39H53N3O3/c1-2-16-38(33(8-1)13-5-17-40-20-26-43-27-21-40)36-11-4-12-37(32-36)39-34(14-6-18-41-22-28-44-29-23-41)9-3-10-35(39)15-7-19-42-24-30-45-31-25-42/h1-4,8-12,16,32H,5-7,13-15,17-31H2. The van der Waals surface area contributed by atoms with Crippen molar-refractivity contribution in [1.29, 1.82) is 0 Å². The fourth-order valence-corrected chi connectivity index (χ4v) is 7.26. The van der Waals surface area contributed by atoms with Gasteiger partial charge in [-0.3, -0.25) is 14.7 Å². The number of hydrogen-bond acceptors (Lipinski definition) is 6. The van der Waals surface area contributed by atoms with Crippen molar-refractivity contribution in [1.82, 2.24) is 14.7 Å². The lowest BCUT2D eigenvalue weighted by Crippen LogP contribution is -2.37. The van der Waals surface area contributed by atoms with E-state index in [1.807, 2.05) is 0 Å². The Morgan fingerprint density at radius 1 is 0.444 bits per heavy atom. The first-order valence-electron chi connectivity index (χ1n) is 17.5. The molecular weight excluding hydrogens is 558 g/mol. The molecule has 3 aliphatic heterocycles. The highest BCUT2D eigenvalue weighted by atomic mass is 16.5. The Bertz CT molecular complexity index is 1270. The minimum atomic E-state index is 0.866. The number of aryl methyl sites for hydroxylation is 3. The first kappa shape index (κ1) is 32.4. The van der Waals surface area contributed by atoms with Gasteiger partial charge in [0.1, 0.15) is 0 Å². The normalized spacial score (nSPS) is 18.8. The number of nitrogens with zero attached hydrogens (tertiary/aromatic N) is 3. The minimum Gasteiger partial charge on any atom is -0.379 e. The van der Waals surface area contributed by atoms with Gasteiger partial charge in [-0.15, -0.1) is 0 Å². The number of ether oxygens (including phenoxy) is 3. The van der Waals surface area contributed by atoms with Gasteiger partial charge in [-0.05, 0) is 103 Å². The quantitative estimate of drug-likeness (QED) is 0.229. The van der Waals surface area contributed by atoms with Gasteiger partial charge in [-0.1, -0.05) is 60.7 Å². The van der Waals surface area contributed by atoms with Crippen LogP contribution in [-0.4, -0.2) is 113 Å². The van der Waals surface area contributed by atoms with Crippen molar-refractivity contribution in [3.8, 4) is 22.3 Å². The Labute approximate surface area is 271 Å². The average Bonchev–Trinajstić information content (AvgIpc) is 3.10. The van der Waals surface area contributed by atoms with E-state index in [1.54, 1.807) is 0 Å². The third kappa shape index (κ3) is 9.47. The Morgan fingerprint density at radius 3 is 1.40 bits per heavy atom. The van der Waals surface area contributed by atoms with E-state index in [0.717, 1.165) is 118 Å². The van der Waals surface area contributed by atoms with Crippen LogP contribution < -0.4 is 0 Å². The van der Waals surface area contributed by atoms with Gasteiger partial charge in [-0.2, -0.15) is 0 Å². The van der Waals surface area contributed by atoms with E-state index in [4.69, 9.17) is 14.2 Å². The molecule has 0 saturated carbocycles. The van der Waals surface area contributed by atoms with E-state index in [2.05, 4.69) is 81.4 Å². The van der Waals surface area contributed by atoms with E-state index in [1.165, 1.54) is 58.2 Å². The van der Waals surface area contributed by atoms with Gasteiger partial charge in [0.2, 0.25) is 0 Å². The van der Waals surface area contributed by atoms with Crippen LogP contribution in [0.25, 0.3) is 22.3 Å². The van der Waals surface area contributed by atoms with Crippen molar-refractivity contribution in [3.05, 3.63) is 83.4 Å². The maximum absolute atomic E-state index is 5.58. The van der Waals surface area contributed by atoms with Gasteiger partial charge in [0.05, 0.1) is 39.6 Å². The molecule has 0 radical (unpaired) electrons. The molecule has 0 unspecified atom stereocenters. The van der Waals surface area contributed by atoms with Gasteiger partial charge in [-0.25, -0.2) is 0 Å². The summed E-state index contributed by atoms with van der Waals surface area (Å²) in [5.41, 5.74) is 9.96. The lowest BCUT2D eigenvalue weighted by atomic mass is 9.88. The molecule has 242 valence electrons. The molecule has 6 nitrogen and oxygen atoms in total. The fraction of sp³-hybridized carbons (Fsp3) is 0.538. The average molecular weight is 612 g/mol. The van der Waals surface area contributed by atoms with Crippen LogP contribution in [0.2, 0.25) is 0 Å². The fourth-order valence-electron chi connectivity index (χ4n) is 7.26. The molecule has 0 aromatic heterocycles. The summed E-state index contributed by atoms with van der Waals surface area (Å²) < 4.78 is 16.7. The summed E-state index contributed by atoms with van der Waals surface area (Å²) in [6.07, 6.45) is 6.84. The van der Waals surface area contributed by atoms with Crippen LogP contribution in [0.15, 0.2) is 66.7 Å². The molecule has 0 atom stereocenters. The Kier molecular flexibility index (Phi) is 12.5. The van der Waals surface area contributed by atoms with Crippen molar-refractivity contribution < 1.29 is 14.2 Å². The highest BCUT2D eigenvalue weighted by Crippen LogP contribution is 2.34. The molecule has 0 amide bonds. The molecule has 3 aromatic carbocycles. The van der Waals surface area contributed by atoms with Crippen molar-refractivity contribution in [2.45, 2.75) is 38.5 Å². The molecular formula is C39H53N3O3. The summed E-state index contributed by atoms with van der Waals surface area (Å²) in [4.78, 5) is 7.67. The van der Waals surface area contributed by atoms with Gasteiger partial charge in [0.25, 0.3) is 0 Å². The van der Waals surface area contributed by atoms with Crippen molar-refractivity contribution >= 4 is 0 Å². The summed E-state index contributed by atoms with van der Waals surface area (Å²) in [5, 5.41) is 0. The molecule has 0 N–H and O–H groups in total. The first-order valence-corrected chi connectivity index (χ1v) is 17.5. The van der Waals surface area contributed by atoms with E-state index >= 15 is 0 Å². The predicted octanol–water partition coefficient (Wildman–Crippen LogP) is 5.82. The summed E-state index contributed by atoms with van der Waals surface area (Å²) in [6, 6.07) is 25.5.